The first-order valence-corrected chi connectivity index (χ1v) is 7.33. The van der Waals surface area contributed by atoms with Gasteiger partial charge in [0, 0.05) is 18.2 Å². The second-order valence-electron chi connectivity index (χ2n) is 5.49. The van der Waals surface area contributed by atoms with Crippen LogP contribution in [0.4, 0.5) is 0 Å². The smallest absolute Gasteiger partial charge is 0.123 e. The molecule has 0 amide bonds. The molecule has 1 aliphatic heterocycles. The molecule has 0 bridgehead atoms. The van der Waals surface area contributed by atoms with Gasteiger partial charge in [0.1, 0.15) is 5.75 Å². The fourth-order valence-electron chi connectivity index (χ4n) is 2.81. The van der Waals surface area contributed by atoms with E-state index in [-0.39, 0.29) is 0 Å². The monoisotopic (exact) mass is 262 g/mol. The highest BCUT2D eigenvalue weighted by atomic mass is 16.5. The van der Waals surface area contributed by atoms with Gasteiger partial charge in [-0.15, -0.1) is 0 Å². The molecule has 3 heteroatoms. The van der Waals surface area contributed by atoms with Crippen LogP contribution in [0.5, 0.6) is 5.75 Å². The van der Waals surface area contributed by atoms with Crippen LogP contribution in [0.1, 0.15) is 31.2 Å². The van der Waals surface area contributed by atoms with Crippen LogP contribution in [0, 0.1) is 0 Å². The van der Waals surface area contributed by atoms with Gasteiger partial charge < -0.3 is 15.0 Å². The molecule has 1 atom stereocenters. The van der Waals surface area contributed by atoms with E-state index in [1.165, 1.54) is 37.8 Å². The molecule has 3 nitrogen and oxygen atoms in total. The highest BCUT2D eigenvalue weighted by Gasteiger charge is 2.13. The molecule has 1 aliphatic rings. The molecule has 1 fully saturated rings. The van der Waals surface area contributed by atoms with E-state index in [4.69, 9.17) is 4.74 Å². The Bertz CT molecular complexity index is 375. The van der Waals surface area contributed by atoms with E-state index in [0.29, 0.717) is 0 Å². The molecule has 1 unspecified atom stereocenters. The Labute approximate surface area is 116 Å². The molecule has 1 aromatic rings. The molecular formula is C16H26N2O. The molecular weight excluding hydrogens is 236 g/mol. The van der Waals surface area contributed by atoms with Gasteiger partial charge in [-0.3, -0.25) is 0 Å². The normalized spacial score (nSPS) is 19.0. The Morgan fingerprint density at radius 3 is 2.95 bits per heavy atom. The summed E-state index contributed by atoms with van der Waals surface area (Å²) >= 11 is 0. The molecule has 1 heterocycles. The number of para-hydroxylation sites is 1. The van der Waals surface area contributed by atoms with Crippen molar-refractivity contribution in [1.82, 2.24) is 10.2 Å². The van der Waals surface area contributed by atoms with Gasteiger partial charge in [0.25, 0.3) is 0 Å². The number of benzene rings is 1. The fraction of sp³-hybridized carbons (Fsp3) is 0.625. The number of methoxy groups -OCH3 is 1. The van der Waals surface area contributed by atoms with Gasteiger partial charge >= 0.3 is 0 Å². The van der Waals surface area contributed by atoms with Crippen molar-refractivity contribution < 1.29 is 4.74 Å². The Kier molecular flexibility index (Phi) is 5.67. The minimum Gasteiger partial charge on any atom is -0.496 e. The summed E-state index contributed by atoms with van der Waals surface area (Å²) < 4.78 is 5.40. The summed E-state index contributed by atoms with van der Waals surface area (Å²) in [6.45, 7) is 3.32. The Morgan fingerprint density at radius 2 is 2.21 bits per heavy atom. The number of ether oxygens (including phenoxy) is 1. The first-order valence-electron chi connectivity index (χ1n) is 7.33. The molecule has 106 valence electrons. The van der Waals surface area contributed by atoms with Gasteiger partial charge in [-0.25, -0.2) is 0 Å². The second-order valence-corrected chi connectivity index (χ2v) is 5.49. The summed E-state index contributed by atoms with van der Waals surface area (Å²) in [5.41, 5.74) is 1.27. The third kappa shape index (κ3) is 4.51. The van der Waals surface area contributed by atoms with Crippen LogP contribution in [0.3, 0.4) is 0 Å². The van der Waals surface area contributed by atoms with Gasteiger partial charge in [-0.1, -0.05) is 18.2 Å². The topological polar surface area (TPSA) is 24.5 Å². The van der Waals surface area contributed by atoms with Crippen molar-refractivity contribution in [2.75, 3.05) is 27.2 Å². The summed E-state index contributed by atoms with van der Waals surface area (Å²) in [6.07, 6.45) is 5.28. The van der Waals surface area contributed by atoms with E-state index in [1.54, 1.807) is 7.11 Å². The molecule has 0 spiro atoms. The van der Waals surface area contributed by atoms with Gasteiger partial charge in [-0.05, 0) is 51.9 Å². The van der Waals surface area contributed by atoms with E-state index in [1.807, 2.05) is 12.1 Å². The van der Waals surface area contributed by atoms with Crippen molar-refractivity contribution in [3.8, 4) is 5.75 Å². The maximum Gasteiger partial charge on any atom is 0.123 e. The maximum atomic E-state index is 5.40. The predicted molar refractivity (Wildman–Crippen MR) is 79.6 cm³/mol. The Balaban J connectivity index is 1.72. The number of rotatable bonds is 7. The summed E-state index contributed by atoms with van der Waals surface area (Å²) in [6, 6.07) is 9.04. The van der Waals surface area contributed by atoms with Crippen LogP contribution in [-0.4, -0.2) is 38.2 Å². The number of nitrogens with zero attached hydrogens (tertiary/aromatic N) is 1. The minimum atomic E-state index is 0.764. The second kappa shape index (κ2) is 7.51. The predicted octanol–water partition coefficient (Wildman–Crippen LogP) is 2.66. The van der Waals surface area contributed by atoms with Crippen LogP contribution < -0.4 is 10.1 Å². The van der Waals surface area contributed by atoms with E-state index in [2.05, 4.69) is 29.4 Å². The standard InChI is InChI=1S/C16H26N2O/c1-18(12-6-9-15-8-5-11-17-15)13-14-7-3-4-10-16(14)19-2/h3-4,7,10,15,17H,5-6,8-9,11-13H2,1-2H3. The van der Waals surface area contributed by atoms with E-state index in [0.717, 1.165) is 24.9 Å². The summed E-state index contributed by atoms with van der Waals surface area (Å²) in [5, 5.41) is 3.56. The lowest BCUT2D eigenvalue weighted by atomic mass is 10.1. The third-order valence-electron chi connectivity index (χ3n) is 3.89. The van der Waals surface area contributed by atoms with Gasteiger partial charge in [0.2, 0.25) is 0 Å². The van der Waals surface area contributed by atoms with Crippen LogP contribution in [-0.2, 0) is 6.54 Å². The van der Waals surface area contributed by atoms with Crippen molar-refractivity contribution in [1.29, 1.82) is 0 Å². The first kappa shape index (κ1) is 14.4. The summed E-state index contributed by atoms with van der Waals surface area (Å²) in [4.78, 5) is 2.38. The molecule has 1 saturated heterocycles. The third-order valence-corrected chi connectivity index (χ3v) is 3.89. The number of hydrogen-bond acceptors (Lipinski definition) is 3. The van der Waals surface area contributed by atoms with Crippen LogP contribution in [0.15, 0.2) is 24.3 Å². The SMILES string of the molecule is COc1ccccc1CN(C)CCCC1CCCN1. The van der Waals surface area contributed by atoms with Gasteiger partial charge in [0.15, 0.2) is 0 Å². The lowest BCUT2D eigenvalue weighted by Crippen LogP contribution is -2.24. The van der Waals surface area contributed by atoms with Crippen molar-refractivity contribution >= 4 is 0 Å². The van der Waals surface area contributed by atoms with E-state index < -0.39 is 0 Å². The summed E-state index contributed by atoms with van der Waals surface area (Å²) in [5.74, 6) is 0.992. The molecule has 0 saturated carbocycles. The van der Waals surface area contributed by atoms with E-state index >= 15 is 0 Å². The zero-order valence-corrected chi connectivity index (χ0v) is 12.2. The average Bonchev–Trinajstić information content (AvgIpc) is 2.92. The average molecular weight is 262 g/mol. The Morgan fingerprint density at radius 1 is 1.37 bits per heavy atom. The highest BCUT2D eigenvalue weighted by molar-refractivity contribution is 5.32. The van der Waals surface area contributed by atoms with Crippen molar-refractivity contribution in [3.63, 3.8) is 0 Å². The zero-order valence-electron chi connectivity index (χ0n) is 12.2. The Hall–Kier alpha value is -1.06. The molecule has 1 N–H and O–H groups in total. The maximum absolute atomic E-state index is 5.40. The van der Waals surface area contributed by atoms with E-state index in [9.17, 15) is 0 Å². The van der Waals surface area contributed by atoms with Crippen molar-refractivity contribution in [3.05, 3.63) is 29.8 Å². The molecule has 1 aromatic carbocycles. The van der Waals surface area contributed by atoms with Crippen LogP contribution in [0.25, 0.3) is 0 Å². The largest absolute Gasteiger partial charge is 0.496 e. The quantitative estimate of drug-likeness (QED) is 0.817. The first-order chi connectivity index (χ1) is 9.29. The van der Waals surface area contributed by atoms with Crippen LogP contribution in [0.2, 0.25) is 0 Å². The number of hydrogen-bond donors (Lipinski definition) is 1. The van der Waals surface area contributed by atoms with Gasteiger partial charge in [0.05, 0.1) is 7.11 Å². The number of nitrogens with one attached hydrogen (secondary N) is 1. The van der Waals surface area contributed by atoms with Crippen LogP contribution >= 0.6 is 0 Å². The lowest BCUT2D eigenvalue weighted by Gasteiger charge is -2.19. The highest BCUT2D eigenvalue weighted by Crippen LogP contribution is 2.19. The lowest BCUT2D eigenvalue weighted by molar-refractivity contribution is 0.304. The molecule has 2 rings (SSSR count). The minimum absolute atomic E-state index is 0.764. The van der Waals surface area contributed by atoms with Gasteiger partial charge in [-0.2, -0.15) is 0 Å². The fourth-order valence-corrected chi connectivity index (χ4v) is 2.81. The zero-order chi connectivity index (χ0) is 13.5. The summed E-state index contributed by atoms with van der Waals surface area (Å²) in [7, 11) is 3.93. The molecule has 0 aliphatic carbocycles. The van der Waals surface area contributed by atoms with Crippen molar-refractivity contribution in [2.24, 2.45) is 0 Å². The van der Waals surface area contributed by atoms with Crippen molar-refractivity contribution in [2.45, 2.75) is 38.3 Å². The molecule has 19 heavy (non-hydrogen) atoms. The molecule has 0 aromatic heterocycles. The molecule has 0 radical (unpaired) electrons.